The fraction of sp³-hybridized carbons (Fsp3) is 0.500. The third-order valence-electron chi connectivity index (χ3n) is 4.61. The molecule has 0 amide bonds. The number of ether oxygens (including phenoxy) is 1. The molecule has 0 radical (unpaired) electrons. The van der Waals surface area contributed by atoms with E-state index in [0.717, 1.165) is 17.9 Å². The smallest absolute Gasteiger partial charge is 0.127 e. The maximum atomic E-state index is 6.18. The Hall–Kier alpha value is -1.77. The van der Waals surface area contributed by atoms with Crippen molar-refractivity contribution >= 4 is 0 Å². The van der Waals surface area contributed by atoms with Gasteiger partial charge in [-0.15, -0.1) is 0 Å². The molecule has 0 bridgehead atoms. The molecule has 0 fully saturated rings. The number of hydrogen-bond acceptors (Lipinski definition) is 2. The number of nitrogens with zero attached hydrogens (tertiary/aromatic N) is 2. The molecule has 2 aromatic rings. The van der Waals surface area contributed by atoms with Crippen LogP contribution >= 0.6 is 0 Å². The van der Waals surface area contributed by atoms with Crippen molar-refractivity contribution in [2.45, 2.75) is 53.6 Å². The minimum Gasteiger partial charge on any atom is -0.487 e. The Labute approximate surface area is 126 Å². The normalized spacial score (nSPS) is 16.0. The van der Waals surface area contributed by atoms with E-state index in [4.69, 9.17) is 9.84 Å². The monoisotopic (exact) mass is 284 g/mol. The van der Waals surface area contributed by atoms with E-state index >= 15 is 0 Å². The van der Waals surface area contributed by atoms with Gasteiger partial charge in [-0.2, -0.15) is 5.10 Å². The molecule has 3 rings (SSSR count). The van der Waals surface area contributed by atoms with Crippen molar-refractivity contribution in [2.24, 2.45) is 7.05 Å². The van der Waals surface area contributed by atoms with Gasteiger partial charge in [-0.1, -0.05) is 6.07 Å². The quantitative estimate of drug-likeness (QED) is 0.790. The van der Waals surface area contributed by atoms with Crippen molar-refractivity contribution in [3.8, 4) is 17.0 Å². The lowest BCUT2D eigenvalue weighted by molar-refractivity contribution is 0.137. The minimum atomic E-state index is -0.132. The van der Waals surface area contributed by atoms with Crippen LogP contribution in [0.1, 0.15) is 41.8 Å². The van der Waals surface area contributed by atoms with E-state index in [-0.39, 0.29) is 5.60 Å². The first kappa shape index (κ1) is 14.2. The predicted octanol–water partition coefficient (Wildman–Crippen LogP) is 4.03. The fourth-order valence-electron chi connectivity index (χ4n) is 3.38. The standard InChI is InChI=1S/C18H24N2O/c1-10-8-11(2)17-14(9-18(5,6)21-17)15(10)16-12(3)13(4)20(7)19-16/h8H,9H2,1-7H3. The molecule has 3 heteroatoms. The highest BCUT2D eigenvalue weighted by atomic mass is 16.5. The predicted molar refractivity (Wildman–Crippen MR) is 86.0 cm³/mol. The Morgan fingerprint density at radius 1 is 1.14 bits per heavy atom. The number of fused-ring (bicyclic) bond motifs is 1. The zero-order chi connectivity index (χ0) is 15.5. The van der Waals surface area contributed by atoms with E-state index in [9.17, 15) is 0 Å². The zero-order valence-corrected chi connectivity index (χ0v) is 14.1. The first-order valence-corrected chi connectivity index (χ1v) is 7.54. The van der Waals surface area contributed by atoms with Crippen LogP contribution in [0.15, 0.2) is 6.07 Å². The lowest BCUT2D eigenvalue weighted by Crippen LogP contribution is -2.24. The van der Waals surface area contributed by atoms with Crippen molar-refractivity contribution in [3.05, 3.63) is 34.0 Å². The van der Waals surface area contributed by atoms with Gasteiger partial charge >= 0.3 is 0 Å². The molecular formula is C18H24N2O. The molecule has 0 unspecified atom stereocenters. The highest BCUT2D eigenvalue weighted by Gasteiger charge is 2.35. The van der Waals surface area contributed by atoms with Crippen LogP contribution in [0.2, 0.25) is 0 Å². The summed E-state index contributed by atoms with van der Waals surface area (Å²) in [6, 6.07) is 2.22. The maximum absolute atomic E-state index is 6.18. The summed E-state index contributed by atoms with van der Waals surface area (Å²) in [5, 5.41) is 4.76. The van der Waals surface area contributed by atoms with E-state index in [1.54, 1.807) is 0 Å². The molecule has 1 aromatic heterocycles. The zero-order valence-electron chi connectivity index (χ0n) is 14.1. The summed E-state index contributed by atoms with van der Waals surface area (Å²) in [6.45, 7) is 12.9. The molecule has 0 spiro atoms. The summed E-state index contributed by atoms with van der Waals surface area (Å²) < 4.78 is 8.15. The second-order valence-corrected chi connectivity index (χ2v) is 6.91. The molecular weight excluding hydrogens is 260 g/mol. The Balaban J connectivity index is 2.30. The van der Waals surface area contributed by atoms with Crippen molar-refractivity contribution in [1.82, 2.24) is 9.78 Å². The van der Waals surface area contributed by atoms with Gasteiger partial charge in [-0.25, -0.2) is 0 Å². The van der Waals surface area contributed by atoms with Crippen molar-refractivity contribution < 1.29 is 4.74 Å². The Kier molecular flexibility index (Phi) is 2.94. The Morgan fingerprint density at radius 3 is 2.38 bits per heavy atom. The van der Waals surface area contributed by atoms with E-state index in [1.165, 1.54) is 33.5 Å². The summed E-state index contributed by atoms with van der Waals surface area (Å²) in [5.74, 6) is 1.06. The topological polar surface area (TPSA) is 27.1 Å². The molecule has 1 aliphatic rings. The second-order valence-electron chi connectivity index (χ2n) is 6.91. The molecule has 2 heterocycles. The van der Waals surface area contributed by atoms with E-state index in [0.29, 0.717) is 0 Å². The van der Waals surface area contributed by atoms with E-state index < -0.39 is 0 Å². The lowest BCUT2D eigenvalue weighted by Gasteiger charge is -2.17. The molecule has 0 atom stereocenters. The van der Waals surface area contributed by atoms with Crippen LogP contribution in [-0.2, 0) is 13.5 Å². The van der Waals surface area contributed by atoms with Gasteiger partial charge in [0.15, 0.2) is 0 Å². The number of rotatable bonds is 1. The molecule has 1 aliphatic heterocycles. The average molecular weight is 284 g/mol. The SMILES string of the molecule is Cc1cc(C)c(-c2nn(C)c(C)c2C)c2c1OC(C)(C)C2. The molecule has 0 saturated carbocycles. The third-order valence-corrected chi connectivity index (χ3v) is 4.61. The summed E-state index contributed by atoms with van der Waals surface area (Å²) in [5.41, 5.74) is 8.54. The van der Waals surface area contributed by atoms with Crippen LogP contribution in [0.25, 0.3) is 11.3 Å². The molecule has 0 N–H and O–H groups in total. The van der Waals surface area contributed by atoms with Crippen LogP contribution in [0, 0.1) is 27.7 Å². The molecule has 112 valence electrons. The van der Waals surface area contributed by atoms with E-state index in [1.807, 2.05) is 11.7 Å². The molecule has 3 nitrogen and oxygen atoms in total. The molecule has 0 aliphatic carbocycles. The Bertz CT molecular complexity index is 738. The summed E-state index contributed by atoms with van der Waals surface area (Å²) in [6.07, 6.45) is 0.940. The first-order chi connectivity index (χ1) is 9.71. The van der Waals surface area contributed by atoms with Gasteiger partial charge in [-0.05, 0) is 58.2 Å². The van der Waals surface area contributed by atoms with Gasteiger partial charge in [0.1, 0.15) is 11.4 Å². The lowest BCUT2D eigenvalue weighted by atomic mass is 9.90. The van der Waals surface area contributed by atoms with Crippen molar-refractivity contribution in [1.29, 1.82) is 0 Å². The number of hydrogen-bond donors (Lipinski definition) is 0. The highest BCUT2D eigenvalue weighted by Crippen LogP contribution is 2.45. The van der Waals surface area contributed by atoms with Crippen molar-refractivity contribution in [3.63, 3.8) is 0 Å². The van der Waals surface area contributed by atoms with Gasteiger partial charge in [0.05, 0.1) is 5.69 Å². The Morgan fingerprint density at radius 2 is 1.81 bits per heavy atom. The van der Waals surface area contributed by atoms with Crippen LogP contribution in [0.5, 0.6) is 5.75 Å². The van der Waals surface area contributed by atoms with Gasteiger partial charge < -0.3 is 4.74 Å². The summed E-state index contributed by atoms with van der Waals surface area (Å²) >= 11 is 0. The summed E-state index contributed by atoms with van der Waals surface area (Å²) in [4.78, 5) is 0. The minimum absolute atomic E-state index is 0.132. The van der Waals surface area contributed by atoms with Gasteiger partial charge in [0.2, 0.25) is 0 Å². The molecule has 1 aromatic carbocycles. The van der Waals surface area contributed by atoms with Crippen LogP contribution < -0.4 is 4.74 Å². The van der Waals surface area contributed by atoms with Crippen LogP contribution in [0.4, 0.5) is 0 Å². The van der Waals surface area contributed by atoms with Gasteiger partial charge in [0.25, 0.3) is 0 Å². The second kappa shape index (κ2) is 4.36. The van der Waals surface area contributed by atoms with Crippen LogP contribution in [0.3, 0.4) is 0 Å². The number of aromatic nitrogens is 2. The maximum Gasteiger partial charge on any atom is 0.127 e. The summed E-state index contributed by atoms with van der Waals surface area (Å²) in [7, 11) is 2.01. The number of aryl methyl sites for hydroxylation is 3. The molecule has 0 saturated heterocycles. The fourth-order valence-corrected chi connectivity index (χ4v) is 3.38. The van der Waals surface area contributed by atoms with Gasteiger partial charge in [0, 0.05) is 30.3 Å². The van der Waals surface area contributed by atoms with Gasteiger partial charge in [-0.3, -0.25) is 4.68 Å². The largest absolute Gasteiger partial charge is 0.487 e. The average Bonchev–Trinajstić information content (AvgIpc) is 2.82. The highest BCUT2D eigenvalue weighted by molar-refractivity contribution is 5.76. The number of benzene rings is 1. The van der Waals surface area contributed by atoms with Crippen molar-refractivity contribution in [2.75, 3.05) is 0 Å². The van der Waals surface area contributed by atoms with Crippen LogP contribution in [-0.4, -0.2) is 15.4 Å². The third kappa shape index (κ3) is 2.06. The first-order valence-electron chi connectivity index (χ1n) is 7.54. The molecule has 21 heavy (non-hydrogen) atoms. The van der Waals surface area contributed by atoms with E-state index in [2.05, 4.69) is 47.6 Å².